The molecule has 0 aliphatic carbocycles. The first-order valence-electron chi connectivity index (χ1n) is 7.29. The maximum absolute atomic E-state index is 12.2. The van der Waals surface area contributed by atoms with E-state index in [-0.39, 0.29) is 12.4 Å². The molecule has 0 aliphatic rings. The summed E-state index contributed by atoms with van der Waals surface area (Å²) in [5.74, 6) is -0.814. The van der Waals surface area contributed by atoms with Crippen LogP contribution in [-0.2, 0) is 16.1 Å². The fourth-order valence-electron chi connectivity index (χ4n) is 2.28. The smallest absolute Gasteiger partial charge is 0.375 e. The summed E-state index contributed by atoms with van der Waals surface area (Å²) in [6.45, 7) is -0.378. The summed E-state index contributed by atoms with van der Waals surface area (Å²) in [5, 5.41) is 0.749. The molecule has 0 radical (unpaired) electrons. The fraction of sp³-hybridized carbons (Fsp3) is 0.111. The molecule has 0 atom stereocenters. The van der Waals surface area contributed by atoms with Crippen molar-refractivity contribution in [1.82, 2.24) is 0 Å². The third-order valence-electron chi connectivity index (χ3n) is 3.36. The highest BCUT2D eigenvalue weighted by Gasteiger charge is 2.22. The molecular formula is C18H15NO5. The molecule has 3 rings (SSSR count). The summed E-state index contributed by atoms with van der Waals surface area (Å²) in [4.78, 5) is 23.0. The van der Waals surface area contributed by atoms with E-state index < -0.39 is 18.5 Å². The largest absolute Gasteiger partial charge is 0.489 e. The number of amides is 1. The monoisotopic (exact) mass is 325 g/mol. The van der Waals surface area contributed by atoms with Gasteiger partial charge < -0.3 is 19.6 Å². The number of rotatable bonds is 6. The van der Waals surface area contributed by atoms with Crippen LogP contribution >= 0.6 is 0 Å². The minimum absolute atomic E-state index is 0.00776. The van der Waals surface area contributed by atoms with E-state index >= 15 is 0 Å². The zero-order valence-electron chi connectivity index (χ0n) is 12.7. The van der Waals surface area contributed by atoms with E-state index in [1.54, 1.807) is 12.1 Å². The zero-order valence-corrected chi connectivity index (χ0v) is 12.7. The lowest BCUT2D eigenvalue weighted by molar-refractivity contribution is -0.121. The van der Waals surface area contributed by atoms with Gasteiger partial charge in [0.15, 0.2) is 6.61 Å². The van der Waals surface area contributed by atoms with Crippen LogP contribution in [-0.4, -0.2) is 18.5 Å². The van der Waals surface area contributed by atoms with Gasteiger partial charge in [0, 0.05) is 5.39 Å². The van der Waals surface area contributed by atoms with E-state index in [9.17, 15) is 9.59 Å². The van der Waals surface area contributed by atoms with Crippen molar-refractivity contribution in [3.63, 3.8) is 0 Å². The van der Waals surface area contributed by atoms with Gasteiger partial charge in [-0.2, -0.15) is 0 Å². The van der Waals surface area contributed by atoms with Crippen molar-refractivity contribution in [2.24, 2.45) is 5.73 Å². The van der Waals surface area contributed by atoms with Crippen LogP contribution in [0.2, 0.25) is 0 Å². The van der Waals surface area contributed by atoms with Gasteiger partial charge in [-0.15, -0.1) is 0 Å². The number of benzene rings is 2. The Morgan fingerprint density at radius 3 is 2.46 bits per heavy atom. The van der Waals surface area contributed by atoms with E-state index in [1.807, 2.05) is 42.5 Å². The van der Waals surface area contributed by atoms with Crippen molar-refractivity contribution in [3.8, 4) is 5.75 Å². The first-order chi connectivity index (χ1) is 11.6. The first kappa shape index (κ1) is 15.6. The predicted molar refractivity (Wildman–Crippen MR) is 86.5 cm³/mol. The highest BCUT2D eigenvalue weighted by Crippen LogP contribution is 2.27. The minimum Gasteiger partial charge on any atom is -0.489 e. The quantitative estimate of drug-likeness (QED) is 0.703. The van der Waals surface area contributed by atoms with E-state index in [0.29, 0.717) is 16.9 Å². The highest BCUT2D eigenvalue weighted by atomic mass is 16.5. The topological polar surface area (TPSA) is 91.8 Å². The second-order valence-electron chi connectivity index (χ2n) is 5.05. The molecule has 0 bridgehead atoms. The molecule has 3 aromatic rings. The maximum atomic E-state index is 12.2. The number of primary amides is 1. The van der Waals surface area contributed by atoms with Crippen molar-refractivity contribution in [3.05, 3.63) is 65.9 Å². The Hall–Kier alpha value is -3.28. The second-order valence-corrected chi connectivity index (χ2v) is 5.05. The molecule has 0 spiro atoms. The number of carbonyl (C=O) groups excluding carboxylic acids is 2. The molecule has 1 aromatic heterocycles. The molecule has 2 aromatic carbocycles. The predicted octanol–water partition coefficient (Wildman–Crippen LogP) is 2.65. The Morgan fingerprint density at radius 2 is 1.71 bits per heavy atom. The van der Waals surface area contributed by atoms with Crippen molar-refractivity contribution in [2.45, 2.75) is 6.61 Å². The number of para-hydroxylation sites is 2. The van der Waals surface area contributed by atoms with Crippen LogP contribution in [0, 0.1) is 0 Å². The molecule has 2 N–H and O–H groups in total. The Kier molecular flexibility index (Phi) is 4.47. The maximum Gasteiger partial charge on any atom is 0.375 e. The molecule has 24 heavy (non-hydrogen) atoms. The number of esters is 1. The van der Waals surface area contributed by atoms with E-state index in [2.05, 4.69) is 0 Å². The van der Waals surface area contributed by atoms with Crippen LogP contribution in [0.25, 0.3) is 11.0 Å². The zero-order chi connectivity index (χ0) is 16.9. The van der Waals surface area contributed by atoms with Gasteiger partial charge in [0.25, 0.3) is 5.91 Å². The third kappa shape index (κ3) is 3.38. The lowest BCUT2D eigenvalue weighted by Crippen LogP contribution is -2.21. The van der Waals surface area contributed by atoms with Gasteiger partial charge in [-0.1, -0.05) is 36.4 Å². The van der Waals surface area contributed by atoms with Gasteiger partial charge in [-0.25, -0.2) is 4.79 Å². The van der Waals surface area contributed by atoms with Gasteiger partial charge in [0.2, 0.25) is 5.76 Å². The lowest BCUT2D eigenvalue weighted by Gasteiger charge is -2.06. The third-order valence-corrected chi connectivity index (χ3v) is 3.36. The molecule has 0 saturated carbocycles. The van der Waals surface area contributed by atoms with Gasteiger partial charge in [0.1, 0.15) is 17.9 Å². The Bertz CT molecular complexity index is 870. The Balaban J connectivity index is 1.90. The van der Waals surface area contributed by atoms with Crippen LogP contribution in [0.4, 0.5) is 0 Å². The molecule has 1 heterocycles. The number of nitrogens with two attached hydrogens (primary N) is 1. The van der Waals surface area contributed by atoms with Crippen molar-refractivity contribution in [2.75, 3.05) is 6.61 Å². The van der Waals surface area contributed by atoms with Gasteiger partial charge in [-0.3, -0.25) is 4.79 Å². The molecule has 6 nitrogen and oxygen atoms in total. The molecule has 1 amide bonds. The molecular weight excluding hydrogens is 310 g/mol. The average molecular weight is 325 g/mol. The summed E-state index contributed by atoms with van der Waals surface area (Å²) in [6.07, 6.45) is 0. The van der Waals surface area contributed by atoms with Crippen molar-refractivity contribution in [1.29, 1.82) is 0 Å². The summed E-state index contributed by atoms with van der Waals surface area (Å²) < 4.78 is 16.1. The Morgan fingerprint density at radius 1 is 1.00 bits per heavy atom. The number of ether oxygens (including phenoxy) is 2. The van der Waals surface area contributed by atoms with Crippen LogP contribution in [0.1, 0.15) is 16.1 Å². The summed E-state index contributed by atoms with van der Waals surface area (Å²) >= 11 is 0. The SMILES string of the molecule is NC(=O)COC(=O)c1oc2ccccc2c1COc1ccccc1. The number of carbonyl (C=O) groups is 2. The fourth-order valence-corrected chi connectivity index (χ4v) is 2.28. The molecule has 0 saturated heterocycles. The van der Waals surface area contributed by atoms with E-state index in [1.165, 1.54) is 0 Å². The van der Waals surface area contributed by atoms with Gasteiger partial charge in [-0.05, 0) is 18.2 Å². The lowest BCUT2D eigenvalue weighted by atomic mass is 10.1. The van der Waals surface area contributed by atoms with Crippen LogP contribution in [0.3, 0.4) is 0 Å². The van der Waals surface area contributed by atoms with Crippen LogP contribution < -0.4 is 10.5 Å². The standard InChI is InChI=1S/C18H15NO5/c19-16(20)11-23-18(21)17-14(10-22-12-6-2-1-3-7-12)13-8-4-5-9-15(13)24-17/h1-9H,10-11H2,(H2,19,20). The van der Waals surface area contributed by atoms with Crippen LogP contribution in [0.5, 0.6) is 5.75 Å². The number of furan rings is 1. The molecule has 0 unspecified atom stereocenters. The second kappa shape index (κ2) is 6.87. The molecule has 122 valence electrons. The first-order valence-corrected chi connectivity index (χ1v) is 7.29. The van der Waals surface area contributed by atoms with Crippen molar-refractivity contribution >= 4 is 22.8 Å². The number of fused-ring (bicyclic) bond motifs is 1. The normalized spacial score (nSPS) is 10.5. The van der Waals surface area contributed by atoms with Gasteiger partial charge in [0.05, 0.1) is 5.56 Å². The summed E-state index contributed by atoms with van der Waals surface area (Å²) in [5.41, 5.74) is 6.09. The highest BCUT2D eigenvalue weighted by molar-refractivity contribution is 5.96. The number of hydrogen-bond acceptors (Lipinski definition) is 5. The van der Waals surface area contributed by atoms with Gasteiger partial charge >= 0.3 is 5.97 Å². The van der Waals surface area contributed by atoms with E-state index in [0.717, 1.165) is 5.39 Å². The molecule has 0 fully saturated rings. The van der Waals surface area contributed by atoms with E-state index in [4.69, 9.17) is 19.6 Å². The Labute approximate surface area is 137 Å². The molecule has 6 heteroatoms. The van der Waals surface area contributed by atoms with Crippen molar-refractivity contribution < 1.29 is 23.5 Å². The average Bonchev–Trinajstić information content (AvgIpc) is 2.97. The molecule has 0 aliphatic heterocycles. The summed E-state index contributed by atoms with van der Waals surface area (Å²) in [6, 6.07) is 16.4. The van der Waals surface area contributed by atoms with Crippen LogP contribution in [0.15, 0.2) is 59.0 Å². The minimum atomic E-state index is -0.753. The summed E-state index contributed by atoms with van der Waals surface area (Å²) in [7, 11) is 0. The number of hydrogen-bond donors (Lipinski definition) is 1.